The van der Waals surface area contributed by atoms with Crippen LogP contribution in [0.5, 0.6) is 0 Å². The summed E-state index contributed by atoms with van der Waals surface area (Å²) >= 11 is 6.03. The van der Waals surface area contributed by atoms with E-state index in [-0.39, 0.29) is 0 Å². The molecule has 0 aliphatic carbocycles. The van der Waals surface area contributed by atoms with E-state index in [0.717, 1.165) is 33.3 Å². The van der Waals surface area contributed by atoms with E-state index >= 15 is 0 Å². The molecule has 100 valence electrons. The highest BCUT2D eigenvalue weighted by Gasteiger charge is 2.09. The molecular weight excluding hydrogens is 270 g/mol. The zero-order valence-corrected chi connectivity index (χ0v) is 11.8. The minimum absolute atomic E-state index is 0.476. The lowest BCUT2D eigenvalue weighted by atomic mass is 10.0. The van der Waals surface area contributed by atoms with E-state index in [4.69, 9.17) is 23.1 Å². The van der Waals surface area contributed by atoms with Crippen LogP contribution in [0.2, 0.25) is 5.02 Å². The molecule has 2 aromatic carbocycles. The molecule has 4 heteroatoms. The third-order valence-corrected chi connectivity index (χ3v) is 3.66. The van der Waals surface area contributed by atoms with Crippen LogP contribution in [0.25, 0.3) is 22.0 Å². The van der Waals surface area contributed by atoms with Crippen LogP contribution < -0.4 is 11.5 Å². The Hall–Kier alpha value is -2.26. The van der Waals surface area contributed by atoms with Gasteiger partial charge in [0.2, 0.25) is 0 Å². The Morgan fingerprint density at radius 3 is 2.55 bits per heavy atom. The number of pyridine rings is 1. The van der Waals surface area contributed by atoms with Gasteiger partial charge in [0.15, 0.2) is 0 Å². The second-order valence-corrected chi connectivity index (χ2v) is 5.23. The molecule has 0 radical (unpaired) electrons. The number of nitrogens with two attached hydrogens (primary N) is 2. The van der Waals surface area contributed by atoms with Gasteiger partial charge in [-0.15, -0.1) is 0 Å². The molecule has 4 N–H and O–H groups in total. The Morgan fingerprint density at radius 2 is 1.80 bits per heavy atom. The molecule has 3 rings (SSSR count). The van der Waals surface area contributed by atoms with Gasteiger partial charge in [-0.05, 0) is 30.7 Å². The van der Waals surface area contributed by atoms with Crippen molar-refractivity contribution < 1.29 is 0 Å². The maximum atomic E-state index is 6.15. The molecular formula is C16H14ClN3. The highest BCUT2D eigenvalue weighted by Crippen LogP contribution is 2.32. The van der Waals surface area contributed by atoms with Gasteiger partial charge in [0.05, 0.1) is 5.69 Å². The molecule has 1 heterocycles. The number of hydrogen-bond acceptors (Lipinski definition) is 3. The molecule has 0 bridgehead atoms. The van der Waals surface area contributed by atoms with Crippen LogP contribution in [-0.2, 0) is 0 Å². The number of hydrogen-bond donors (Lipinski definition) is 2. The first-order chi connectivity index (χ1) is 9.56. The van der Waals surface area contributed by atoms with E-state index in [1.54, 1.807) is 0 Å². The number of aromatic nitrogens is 1. The van der Waals surface area contributed by atoms with Gasteiger partial charge in [0.1, 0.15) is 5.82 Å². The number of rotatable bonds is 1. The van der Waals surface area contributed by atoms with Gasteiger partial charge in [-0.2, -0.15) is 0 Å². The molecule has 0 saturated carbocycles. The van der Waals surface area contributed by atoms with Gasteiger partial charge in [-0.3, -0.25) is 0 Å². The average Bonchev–Trinajstić information content (AvgIpc) is 2.43. The van der Waals surface area contributed by atoms with Crippen molar-refractivity contribution >= 4 is 33.9 Å². The van der Waals surface area contributed by atoms with Crippen molar-refractivity contribution in [3.63, 3.8) is 0 Å². The lowest BCUT2D eigenvalue weighted by molar-refractivity contribution is 1.36. The highest BCUT2D eigenvalue weighted by atomic mass is 35.5. The van der Waals surface area contributed by atoms with E-state index in [9.17, 15) is 0 Å². The summed E-state index contributed by atoms with van der Waals surface area (Å²) in [5.41, 5.74) is 15.7. The molecule has 0 spiro atoms. The minimum atomic E-state index is 0.476. The first-order valence-electron chi connectivity index (χ1n) is 6.27. The Labute approximate surface area is 122 Å². The lowest BCUT2D eigenvalue weighted by Gasteiger charge is -2.10. The normalized spacial score (nSPS) is 10.9. The van der Waals surface area contributed by atoms with E-state index in [1.165, 1.54) is 0 Å². The first-order valence-corrected chi connectivity index (χ1v) is 6.65. The zero-order valence-electron chi connectivity index (χ0n) is 11.0. The Balaban J connectivity index is 2.31. The first kappa shape index (κ1) is 12.8. The van der Waals surface area contributed by atoms with E-state index < -0.39 is 0 Å². The summed E-state index contributed by atoms with van der Waals surface area (Å²) in [5, 5.41) is 2.46. The predicted octanol–water partition coefficient (Wildman–Crippen LogP) is 4.03. The number of nitrogen functional groups attached to an aromatic ring is 2. The molecule has 0 fully saturated rings. The Bertz CT molecular complexity index is 812. The fourth-order valence-corrected chi connectivity index (χ4v) is 2.47. The minimum Gasteiger partial charge on any atom is -0.398 e. The lowest BCUT2D eigenvalue weighted by Crippen LogP contribution is -1.98. The maximum Gasteiger partial charge on any atom is 0.132 e. The van der Waals surface area contributed by atoms with Crippen LogP contribution in [0.3, 0.4) is 0 Å². The summed E-state index contributed by atoms with van der Waals surface area (Å²) in [4.78, 5) is 4.45. The summed E-state index contributed by atoms with van der Waals surface area (Å²) in [7, 11) is 0. The third kappa shape index (κ3) is 2.06. The van der Waals surface area contributed by atoms with Crippen molar-refractivity contribution in [1.82, 2.24) is 4.98 Å². The van der Waals surface area contributed by atoms with Crippen molar-refractivity contribution in [3.8, 4) is 11.3 Å². The number of fused-ring (bicyclic) bond motifs is 1. The second kappa shape index (κ2) is 4.69. The van der Waals surface area contributed by atoms with Gasteiger partial charge >= 0.3 is 0 Å². The molecule has 0 unspecified atom stereocenters. The van der Waals surface area contributed by atoms with Gasteiger partial charge in [-0.25, -0.2) is 4.98 Å². The maximum absolute atomic E-state index is 6.15. The summed E-state index contributed by atoms with van der Waals surface area (Å²) < 4.78 is 0. The number of aryl methyl sites for hydroxylation is 1. The van der Waals surface area contributed by atoms with E-state index in [0.29, 0.717) is 10.8 Å². The topological polar surface area (TPSA) is 64.9 Å². The fraction of sp³-hybridized carbons (Fsp3) is 0.0625. The fourth-order valence-electron chi connectivity index (χ4n) is 2.28. The van der Waals surface area contributed by atoms with Gasteiger partial charge < -0.3 is 11.5 Å². The van der Waals surface area contributed by atoms with Crippen LogP contribution in [-0.4, -0.2) is 4.98 Å². The molecule has 0 aliphatic heterocycles. The molecule has 3 aromatic rings. The standard InChI is InChI=1S/C16H14ClN3/c1-9-5-6-12-13(15(9)18)8-14(20-16(12)19)10-3-2-4-11(17)7-10/h2-8H,18H2,1H3,(H2,19,20). The summed E-state index contributed by atoms with van der Waals surface area (Å²) in [6.07, 6.45) is 0. The van der Waals surface area contributed by atoms with Crippen LogP contribution >= 0.6 is 11.6 Å². The largest absolute Gasteiger partial charge is 0.398 e. The molecule has 3 nitrogen and oxygen atoms in total. The Kier molecular flexibility index (Phi) is 2.99. The molecule has 1 aromatic heterocycles. The monoisotopic (exact) mass is 283 g/mol. The molecule has 0 saturated heterocycles. The van der Waals surface area contributed by atoms with Crippen LogP contribution in [0.15, 0.2) is 42.5 Å². The predicted molar refractivity (Wildman–Crippen MR) is 85.8 cm³/mol. The van der Waals surface area contributed by atoms with E-state index in [2.05, 4.69) is 4.98 Å². The van der Waals surface area contributed by atoms with Crippen LogP contribution in [0.1, 0.15) is 5.56 Å². The summed E-state index contributed by atoms with van der Waals surface area (Å²) in [6.45, 7) is 1.98. The van der Waals surface area contributed by atoms with Crippen molar-refractivity contribution in [2.75, 3.05) is 11.5 Å². The van der Waals surface area contributed by atoms with Crippen molar-refractivity contribution in [1.29, 1.82) is 0 Å². The zero-order chi connectivity index (χ0) is 14.3. The smallest absolute Gasteiger partial charge is 0.132 e. The van der Waals surface area contributed by atoms with Gasteiger partial charge in [0.25, 0.3) is 0 Å². The van der Waals surface area contributed by atoms with Crippen molar-refractivity contribution in [2.45, 2.75) is 6.92 Å². The van der Waals surface area contributed by atoms with Crippen molar-refractivity contribution in [3.05, 3.63) is 53.1 Å². The van der Waals surface area contributed by atoms with Crippen LogP contribution in [0, 0.1) is 6.92 Å². The average molecular weight is 284 g/mol. The summed E-state index contributed by atoms with van der Waals surface area (Å²) in [5.74, 6) is 0.476. The number of nitrogens with zero attached hydrogens (tertiary/aromatic N) is 1. The highest BCUT2D eigenvalue weighted by molar-refractivity contribution is 6.30. The number of benzene rings is 2. The third-order valence-electron chi connectivity index (χ3n) is 3.42. The molecule has 0 aliphatic rings. The van der Waals surface area contributed by atoms with E-state index in [1.807, 2.05) is 49.4 Å². The van der Waals surface area contributed by atoms with Gasteiger partial charge in [-0.1, -0.05) is 35.9 Å². The SMILES string of the molecule is Cc1ccc2c(N)nc(-c3cccc(Cl)c3)cc2c1N. The number of anilines is 2. The second-order valence-electron chi connectivity index (χ2n) is 4.79. The summed E-state index contributed by atoms with van der Waals surface area (Å²) in [6, 6.07) is 13.4. The van der Waals surface area contributed by atoms with Crippen molar-refractivity contribution in [2.24, 2.45) is 0 Å². The molecule has 0 atom stereocenters. The van der Waals surface area contributed by atoms with Gasteiger partial charge in [0, 0.05) is 27.0 Å². The quantitative estimate of drug-likeness (QED) is 0.663. The Morgan fingerprint density at radius 1 is 1.00 bits per heavy atom. The molecule has 20 heavy (non-hydrogen) atoms. The molecule has 0 amide bonds. The van der Waals surface area contributed by atoms with Crippen LogP contribution in [0.4, 0.5) is 11.5 Å². The number of halogens is 1.